The highest BCUT2D eigenvalue weighted by Crippen LogP contribution is 2.67. The maximum absolute atomic E-state index is 12.1. The molecule has 0 saturated heterocycles. The molecule has 4 heteroatoms. The van der Waals surface area contributed by atoms with E-state index in [0.717, 1.165) is 59.6 Å². The Labute approximate surface area is 297 Å². The third kappa shape index (κ3) is 9.70. The topological polar surface area (TPSA) is 47.6 Å². The predicted octanol–water partition coefficient (Wildman–Crippen LogP) is 13.4. The zero-order valence-corrected chi connectivity index (χ0v) is 33.3. The van der Waals surface area contributed by atoms with E-state index in [9.17, 15) is 4.79 Å². The minimum absolute atomic E-state index is 0.298. The summed E-state index contributed by atoms with van der Waals surface area (Å²) >= 11 is 0. The molecule has 1 N–H and O–H groups in total. The molecule has 0 spiro atoms. The lowest BCUT2D eigenvalue weighted by molar-refractivity contribution is -0.0668. The summed E-state index contributed by atoms with van der Waals surface area (Å²) in [5.41, 5.74) is 3.99. The molecule has 0 aromatic heterocycles. The Bertz CT molecular complexity index is 1150. The highest BCUT2D eigenvalue weighted by atomic mass is 16.6. The second-order valence-electron chi connectivity index (χ2n) is 17.0. The molecule has 4 nitrogen and oxygen atoms in total. The van der Waals surface area contributed by atoms with Gasteiger partial charge in [-0.25, -0.2) is 4.79 Å². The van der Waals surface area contributed by atoms with Crippen LogP contribution in [0, 0.1) is 46.3 Å². The molecule has 1 amide bonds. The van der Waals surface area contributed by atoms with Crippen molar-refractivity contribution in [2.45, 2.75) is 178 Å². The number of hydrogen-bond donors (Lipinski definition) is 1. The molecular weight excluding hydrogens is 590 g/mol. The summed E-state index contributed by atoms with van der Waals surface area (Å²) in [6.45, 7) is 26.8. The van der Waals surface area contributed by atoms with Gasteiger partial charge < -0.3 is 9.47 Å². The molecular formula is C44H75NO3. The van der Waals surface area contributed by atoms with Crippen molar-refractivity contribution in [3.05, 3.63) is 41.5 Å². The fraction of sp³-hybridized carbons (Fsp3) is 0.795. The number of carbonyl (C=O) groups is 1. The molecule has 1 aromatic carbocycles. The van der Waals surface area contributed by atoms with Crippen LogP contribution in [-0.2, 0) is 16.1 Å². The Morgan fingerprint density at radius 2 is 1.62 bits per heavy atom. The molecule has 3 saturated carbocycles. The number of rotatable bonds is 10. The number of amides is 1. The number of hydrogen-bond acceptors (Lipinski definition) is 3. The summed E-state index contributed by atoms with van der Waals surface area (Å²) in [5.74, 6) is 5.35. The molecule has 0 heterocycles. The SMILES string of the molecule is CC.CC.CCC(CCCC(C)C)C1CCC2C3CC=C4CC(OCc5ccc(NC(=O)OC(C)(C)C)cc5)CCC4(C)C3CCC12C. The summed E-state index contributed by atoms with van der Waals surface area (Å²) in [7, 11) is 0. The normalized spacial score (nSPS) is 31.4. The first-order valence-electron chi connectivity index (χ1n) is 20.2. The molecule has 8 unspecified atom stereocenters. The largest absolute Gasteiger partial charge is 0.444 e. The molecule has 274 valence electrons. The second-order valence-corrected chi connectivity index (χ2v) is 17.0. The molecule has 0 bridgehead atoms. The molecule has 48 heavy (non-hydrogen) atoms. The fourth-order valence-corrected chi connectivity index (χ4v) is 10.4. The summed E-state index contributed by atoms with van der Waals surface area (Å²) in [6.07, 6.45) is 18.8. The van der Waals surface area contributed by atoms with Gasteiger partial charge in [0.15, 0.2) is 0 Å². The van der Waals surface area contributed by atoms with Crippen LogP contribution in [0.15, 0.2) is 35.9 Å². The molecule has 5 rings (SSSR count). The van der Waals surface area contributed by atoms with Gasteiger partial charge in [0.2, 0.25) is 0 Å². The highest BCUT2D eigenvalue weighted by Gasteiger charge is 2.59. The van der Waals surface area contributed by atoms with Gasteiger partial charge in [-0.2, -0.15) is 0 Å². The average Bonchev–Trinajstić information content (AvgIpc) is 3.40. The van der Waals surface area contributed by atoms with E-state index in [1.54, 1.807) is 5.57 Å². The highest BCUT2D eigenvalue weighted by molar-refractivity contribution is 5.84. The molecule has 4 aliphatic carbocycles. The van der Waals surface area contributed by atoms with Crippen LogP contribution in [0.25, 0.3) is 0 Å². The molecule has 4 aliphatic rings. The van der Waals surface area contributed by atoms with Crippen molar-refractivity contribution in [2.24, 2.45) is 46.3 Å². The smallest absolute Gasteiger partial charge is 0.412 e. The summed E-state index contributed by atoms with van der Waals surface area (Å²) in [4.78, 5) is 12.1. The Balaban J connectivity index is 0.00000151. The maximum Gasteiger partial charge on any atom is 0.412 e. The number of fused-ring (bicyclic) bond motifs is 5. The lowest BCUT2D eigenvalue weighted by Crippen LogP contribution is -2.51. The van der Waals surface area contributed by atoms with Crippen molar-refractivity contribution in [1.82, 2.24) is 0 Å². The molecule has 3 fully saturated rings. The predicted molar refractivity (Wildman–Crippen MR) is 205 cm³/mol. The Kier molecular flexibility index (Phi) is 15.2. The molecule has 0 aliphatic heterocycles. The second kappa shape index (κ2) is 17.9. The third-order valence-corrected chi connectivity index (χ3v) is 12.7. The first kappa shape index (κ1) is 40.6. The summed E-state index contributed by atoms with van der Waals surface area (Å²) in [5, 5.41) is 2.82. The quantitative estimate of drug-likeness (QED) is 0.253. The fourth-order valence-electron chi connectivity index (χ4n) is 10.4. The number of allylic oxidation sites excluding steroid dienone is 1. The molecule has 0 radical (unpaired) electrons. The van der Waals surface area contributed by atoms with E-state index >= 15 is 0 Å². The Hall–Kier alpha value is -1.81. The van der Waals surface area contributed by atoms with Crippen LogP contribution in [0.2, 0.25) is 0 Å². The number of nitrogens with one attached hydrogen (secondary N) is 1. The van der Waals surface area contributed by atoms with Gasteiger partial charge in [-0.15, -0.1) is 0 Å². The third-order valence-electron chi connectivity index (χ3n) is 12.7. The van der Waals surface area contributed by atoms with Gasteiger partial charge >= 0.3 is 6.09 Å². The van der Waals surface area contributed by atoms with Crippen molar-refractivity contribution in [3.63, 3.8) is 0 Å². The van der Waals surface area contributed by atoms with E-state index in [2.05, 4.69) is 46.0 Å². The van der Waals surface area contributed by atoms with Gasteiger partial charge in [-0.1, -0.05) is 112 Å². The Morgan fingerprint density at radius 1 is 0.938 bits per heavy atom. The van der Waals surface area contributed by atoms with E-state index in [1.165, 1.54) is 64.2 Å². The number of ether oxygens (including phenoxy) is 2. The van der Waals surface area contributed by atoms with Crippen molar-refractivity contribution in [2.75, 3.05) is 5.32 Å². The molecule has 8 atom stereocenters. The minimum atomic E-state index is -0.509. The van der Waals surface area contributed by atoms with Crippen LogP contribution in [0.1, 0.15) is 166 Å². The van der Waals surface area contributed by atoms with Crippen molar-refractivity contribution < 1.29 is 14.3 Å². The van der Waals surface area contributed by atoms with Crippen LogP contribution in [0.3, 0.4) is 0 Å². The van der Waals surface area contributed by atoms with Crippen LogP contribution < -0.4 is 5.32 Å². The van der Waals surface area contributed by atoms with E-state index in [0.29, 0.717) is 23.5 Å². The van der Waals surface area contributed by atoms with Crippen LogP contribution in [0.5, 0.6) is 0 Å². The Morgan fingerprint density at radius 3 is 2.25 bits per heavy atom. The van der Waals surface area contributed by atoms with E-state index in [-0.39, 0.29) is 0 Å². The van der Waals surface area contributed by atoms with Gasteiger partial charge in [0.25, 0.3) is 0 Å². The number of anilines is 1. The first-order chi connectivity index (χ1) is 22.8. The van der Waals surface area contributed by atoms with Gasteiger partial charge in [0.1, 0.15) is 5.60 Å². The zero-order chi connectivity index (χ0) is 35.7. The number of benzene rings is 1. The van der Waals surface area contributed by atoms with Crippen molar-refractivity contribution in [3.8, 4) is 0 Å². The van der Waals surface area contributed by atoms with Gasteiger partial charge in [-0.3, -0.25) is 5.32 Å². The first-order valence-corrected chi connectivity index (χ1v) is 20.2. The lowest BCUT2D eigenvalue weighted by atomic mass is 9.47. The van der Waals surface area contributed by atoms with E-state index < -0.39 is 11.7 Å². The zero-order valence-electron chi connectivity index (χ0n) is 33.3. The average molecular weight is 666 g/mol. The number of carbonyl (C=O) groups excluding carboxylic acids is 1. The van der Waals surface area contributed by atoms with Gasteiger partial charge in [0, 0.05) is 5.69 Å². The molecule has 1 aromatic rings. The van der Waals surface area contributed by atoms with Crippen LogP contribution in [-0.4, -0.2) is 17.8 Å². The summed E-state index contributed by atoms with van der Waals surface area (Å²) in [6, 6.07) is 7.96. The van der Waals surface area contributed by atoms with Crippen LogP contribution in [0.4, 0.5) is 10.5 Å². The van der Waals surface area contributed by atoms with E-state index in [4.69, 9.17) is 9.47 Å². The van der Waals surface area contributed by atoms with Crippen LogP contribution >= 0.6 is 0 Å². The van der Waals surface area contributed by atoms with Gasteiger partial charge in [0.05, 0.1) is 12.7 Å². The monoisotopic (exact) mass is 666 g/mol. The van der Waals surface area contributed by atoms with Gasteiger partial charge in [-0.05, 0) is 136 Å². The summed E-state index contributed by atoms with van der Waals surface area (Å²) < 4.78 is 11.9. The lowest BCUT2D eigenvalue weighted by Gasteiger charge is -2.58. The maximum atomic E-state index is 12.1. The van der Waals surface area contributed by atoms with Crippen molar-refractivity contribution in [1.29, 1.82) is 0 Å². The standard InChI is InChI=1S/C40H63NO3.2C2H6/c1-9-29(12-10-11-27(2)3)34-19-20-35-33-18-15-30-25-32(21-23-39(30,7)36(33)22-24-40(34,35)8)43-26-28-13-16-31(17-14-28)41-37(42)44-38(4,5)6;2*1-2/h13-17,27,29,32-36H,9-12,18-26H2,1-8H3,(H,41,42);2*1-2H3. The minimum Gasteiger partial charge on any atom is -0.444 e. The van der Waals surface area contributed by atoms with Crippen molar-refractivity contribution >= 4 is 11.8 Å². The van der Waals surface area contributed by atoms with E-state index in [1.807, 2.05) is 72.7 Å².